The number of hydrogen-bond acceptors (Lipinski definition) is 4. The van der Waals surface area contributed by atoms with Crippen LogP contribution in [0.4, 0.5) is 0 Å². The van der Waals surface area contributed by atoms with E-state index in [1.807, 2.05) is 13.0 Å². The van der Waals surface area contributed by atoms with Crippen molar-refractivity contribution in [1.29, 1.82) is 0 Å². The Labute approximate surface area is 104 Å². The molecule has 0 spiro atoms. The summed E-state index contributed by atoms with van der Waals surface area (Å²) in [5.74, 6) is 1.45. The summed E-state index contributed by atoms with van der Waals surface area (Å²) < 4.78 is 11.5. The summed E-state index contributed by atoms with van der Waals surface area (Å²) in [4.78, 5) is 4.83. The number of methoxy groups -OCH3 is 2. The lowest BCUT2D eigenvalue weighted by atomic mass is 10.1. The molecular formula is C11H16BrNO3. The number of benzene rings is 1. The molecule has 1 rings (SSSR count). The number of hydroxylamine groups is 1. The summed E-state index contributed by atoms with van der Waals surface area (Å²) in [5, 5.41) is 0. The normalized spacial score (nSPS) is 10.3. The molecule has 5 heteroatoms. The number of halogens is 1. The van der Waals surface area contributed by atoms with E-state index in [2.05, 4.69) is 21.4 Å². The molecule has 1 aromatic carbocycles. The van der Waals surface area contributed by atoms with Crippen molar-refractivity contribution in [2.24, 2.45) is 0 Å². The van der Waals surface area contributed by atoms with Gasteiger partial charge in [-0.3, -0.25) is 0 Å². The fourth-order valence-corrected chi connectivity index (χ4v) is 2.14. The molecule has 0 saturated heterocycles. The third kappa shape index (κ3) is 2.66. The van der Waals surface area contributed by atoms with Crippen molar-refractivity contribution in [3.05, 3.63) is 21.7 Å². The largest absolute Gasteiger partial charge is 0.493 e. The van der Waals surface area contributed by atoms with Crippen molar-refractivity contribution in [2.75, 3.05) is 21.3 Å². The van der Waals surface area contributed by atoms with Gasteiger partial charge >= 0.3 is 0 Å². The Morgan fingerprint density at radius 2 is 1.81 bits per heavy atom. The first-order valence-electron chi connectivity index (χ1n) is 4.81. The summed E-state index contributed by atoms with van der Waals surface area (Å²) in [5.41, 5.74) is 4.93. The zero-order valence-electron chi connectivity index (χ0n) is 9.89. The molecule has 0 aliphatic carbocycles. The molecule has 4 nitrogen and oxygen atoms in total. The summed E-state index contributed by atoms with van der Waals surface area (Å²) in [6, 6.07) is 1.99. The van der Waals surface area contributed by atoms with Crippen LogP contribution in [0.3, 0.4) is 0 Å². The zero-order valence-corrected chi connectivity index (χ0v) is 11.5. The van der Waals surface area contributed by atoms with E-state index >= 15 is 0 Å². The van der Waals surface area contributed by atoms with Crippen molar-refractivity contribution in [3.63, 3.8) is 0 Å². The van der Waals surface area contributed by atoms with E-state index in [1.165, 1.54) is 0 Å². The SMILES string of the molecule is CONCc1cc(Br)c(OC)c(OC)c1C. The van der Waals surface area contributed by atoms with Crippen LogP contribution < -0.4 is 15.0 Å². The van der Waals surface area contributed by atoms with Gasteiger partial charge in [-0.25, -0.2) is 0 Å². The Morgan fingerprint density at radius 3 is 2.31 bits per heavy atom. The van der Waals surface area contributed by atoms with E-state index in [-0.39, 0.29) is 0 Å². The monoisotopic (exact) mass is 289 g/mol. The predicted octanol–water partition coefficient (Wildman–Crippen LogP) is 2.43. The lowest BCUT2D eigenvalue weighted by Gasteiger charge is -2.16. The first-order valence-corrected chi connectivity index (χ1v) is 5.60. The van der Waals surface area contributed by atoms with Crippen molar-refractivity contribution in [2.45, 2.75) is 13.5 Å². The second-order valence-corrected chi connectivity index (χ2v) is 4.09. The van der Waals surface area contributed by atoms with Crippen LogP contribution >= 0.6 is 15.9 Å². The molecule has 90 valence electrons. The van der Waals surface area contributed by atoms with E-state index in [4.69, 9.17) is 14.3 Å². The average Bonchev–Trinajstić information content (AvgIpc) is 2.29. The molecule has 1 N–H and O–H groups in total. The molecule has 0 fully saturated rings. The predicted molar refractivity (Wildman–Crippen MR) is 65.8 cm³/mol. The van der Waals surface area contributed by atoms with Crippen LogP contribution in [0.1, 0.15) is 11.1 Å². The minimum atomic E-state index is 0.612. The third-order valence-corrected chi connectivity index (χ3v) is 2.95. The highest BCUT2D eigenvalue weighted by Crippen LogP contribution is 2.39. The first-order chi connectivity index (χ1) is 7.65. The van der Waals surface area contributed by atoms with Gasteiger partial charge in [0.05, 0.1) is 25.8 Å². The Hall–Kier alpha value is -0.780. The van der Waals surface area contributed by atoms with Crippen molar-refractivity contribution in [1.82, 2.24) is 5.48 Å². The molecule has 0 amide bonds. The first kappa shape index (κ1) is 13.3. The topological polar surface area (TPSA) is 39.7 Å². The van der Waals surface area contributed by atoms with Crippen LogP contribution in [0.25, 0.3) is 0 Å². The van der Waals surface area contributed by atoms with E-state index in [0.717, 1.165) is 21.3 Å². The molecule has 0 aliphatic heterocycles. The quantitative estimate of drug-likeness (QED) is 0.845. The summed E-state index contributed by atoms with van der Waals surface area (Å²) in [6.45, 7) is 2.60. The maximum absolute atomic E-state index is 5.34. The number of nitrogens with one attached hydrogen (secondary N) is 1. The molecular weight excluding hydrogens is 274 g/mol. The fourth-order valence-electron chi connectivity index (χ4n) is 1.52. The Bertz CT molecular complexity index is 369. The molecule has 0 unspecified atom stereocenters. The number of rotatable bonds is 5. The van der Waals surface area contributed by atoms with Crippen molar-refractivity contribution in [3.8, 4) is 11.5 Å². The highest BCUT2D eigenvalue weighted by atomic mass is 79.9. The minimum absolute atomic E-state index is 0.612. The van der Waals surface area contributed by atoms with Crippen LogP contribution in [0.5, 0.6) is 11.5 Å². The number of hydrogen-bond donors (Lipinski definition) is 1. The van der Waals surface area contributed by atoms with Gasteiger partial charge in [0, 0.05) is 6.54 Å². The Balaban J connectivity index is 3.17. The maximum atomic E-state index is 5.34. The fraction of sp³-hybridized carbons (Fsp3) is 0.455. The van der Waals surface area contributed by atoms with E-state index < -0.39 is 0 Å². The molecule has 0 bridgehead atoms. The highest BCUT2D eigenvalue weighted by molar-refractivity contribution is 9.10. The van der Waals surface area contributed by atoms with Crippen LogP contribution in [0.15, 0.2) is 10.5 Å². The maximum Gasteiger partial charge on any atom is 0.175 e. The van der Waals surface area contributed by atoms with Crippen LogP contribution in [0.2, 0.25) is 0 Å². The van der Waals surface area contributed by atoms with Gasteiger partial charge in [0.15, 0.2) is 11.5 Å². The molecule has 0 atom stereocenters. The molecule has 0 radical (unpaired) electrons. The second kappa shape index (κ2) is 6.08. The standard InChI is InChI=1S/C11H16BrNO3/c1-7-8(6-13-16-4)5-9(12)11(15-3)10(7)14-2/h5,13H,6H2,1-4H3. The summed E-state index contributed by atoms with van der Waals surface area (Å²) in [6.07, 6.45) is 0. The zero-order chi connectivity index (χ0) is 12.1. The van der Waals surface area contributed by atoms with Gasteiger partial charge in [-0.1, -0.05) is 0 Å². The summed E-state index contributed by atoms with van der Waals surface area (Å²) >= 11 is 3.45. The Morgan fingerprint density at radius 1 is 1.19 bits per heavy atom. The summed E-state index contributed by atoms with van der Waals surface area (Å²) in [7, 11) is 4.84. The van der Waals surface area contributed by atoms with Gasteiger partial charge in [0.1, 0.15) is 0 Å². The Kier molecular flexibility index (Phi) is 5.05. The molecule has 0 heterocycles. The van der Waals surface area contributed by atoms with Crippen LogP contribution in [-0.2, 0) is 11.4 Å². The smallest absolute Gasteiger partial charge is 0.175 e. The van der Waals surface area contributed by atoms with E-state index in [9.17, 15) is 0 Å². The van der Waals surface area contributed by atoms with Crippen LogP contribution in [-0.4, -0.2) is 21.3 Å². The molecule has 1 aromatic rings. The van der Waals surface area contributed by atoms with Crippen LogP contribution in [0, 0.1) is 6.92 Å². The molecule has 0 saturated carbocycles. The third-order valence-electron chi connectivity index (χ3n) is 2.36. The van der Waals surface area contributed by atoms with Gasteiger partial charge < -0.3 is 14.3 Å². The highest BCUT2D eigenvalue weighted by Gasteiger charge is 2.15. The van der Waals surface area contributed by atoms with E-state index in [1.54, 1.807) is 21.3 Å². The lowest BCUT2D eigenvalue weighted by Crippen LogP contribution is -2.12. The second-order valence-electron chi connectivity index (χ2n) is 3.23. The average molecular weight is 290 g/mol. The van der Waals surface area contributed by atoms with Gasteiger partial charge in [-0.15, -0.1) is 0 Å². The van der Waals surface area contributed by atoms with Gasteiger partial charge in [0.2, 0.25) is 0 Å². The van der Waals surface area contributed by atoms with Crippen molar-refractivity contribution >= 4 is 15.9 Å². The van der Waals surface area contributed by atoms with Crippen molar-refractivity contribution < 1.29 is 14.3 Å². The van der Waals surface area contributed by atoms with Gasteiger partial charge in [-0.05, 0) is 40.0 Å². The lowest BCUT2D eigenvalue weighted by molar-refractivity contribution is 0.0865. The molecule has 16 heavy (non-hydrogen) atoms. The molecule has 0 aliphatic rings. The van der Waals surface area contributed by atoms with Gasteiger partial charge in [0.25, 0.3) is 0 Å². The van der Waals surface area contributed by atoms with E-state index in [0.29, 0.717) is 12.3 Å². The minimum Gasteiger partial charge on any atom is -0.493 e. The molecule has 0 aromatic heterocycles. The van der Waals surface area contributed by atoms with Gasteiger partial charge in [-0.2, -0.15) is 5.48 Å². The number of ether oxygens (including phenoxy) is 2.